The van der Waals surface area contributed by atoms with Crippen LogP contribution in [0.15, 0.2) is 16.6 Å². The summed E-state index contributed by atoms with van der Waals surface area (Å²) in [6.07, 6.45) is 0.169. The fourth-order valence-corrected chi connectivity index (χ4v) is 2.29. The first-order chi connectivity index (χ1) is 10.4. The van der Waals surface area contributed by atoms with E-state index in [1.807, 2.05) is 0 Å². The summed E-state index contributed by atoms with van der Waals surface area (Å²) < 4.78 is 15.7. The second-order valence-corrected chi connectivity index (χ2v) is 5.13. The minimum Gasteiger partial charge on any atom is -0.495 e. The van der Waals surface area contributed by atoms with Gasteiger partial charge in [-0.3, -0.25) is 4.79 Å². The largest absolute Gasteiger partial charge is 0.495 e. The maximum atomic E-state index is 12.2. The topological polar surface area (TPSA) is 94.1 Å². The predicted molar refractivity (Wildman–Crippen MR) is 82.6 cm³/mol. The van der Waals surface area contributed by atoms with Crippen LogP contribution in [0, 0.1) is 0 Å². The van der Waals surface area contributed by atoms with Crippen molar-refractivity contribution in [3.05, 3.63) is 22.2 Å². The first kappa shape index (κ1) is 18.2. The highest BCUT2D eigenvalue weighted by Crippen LogP contribution is 2.35. The van der Waals surface area contributed by atoms with Crippen molar-refractivity contribution in [3.63, 3.8) is 0 Å². The van der Waals surface area contributed by atoms with E-state index in [0.717, 1.165) is 0 Å². The van der Waals surface area contributed by atoms with Crippen molar-refractivity contribution in [1.29, 1.82) is 0 Å². The van der Waals surface area contributed by atoms with Crippen LogP contribution in [0.4, 0.5) is 0 Å². The molecular weight excluding hydrogens is 358 g/mol. The molecule has 0 spiro atoms. The average molecular weight is 376 g/mol. The predicted octanol–water partition coefficient (Wildman–Crippen LogP) is 1.69. The Morgan fingerprint density at radius 1 is 1.23 bits per heavy atom. The number of carboxylic acids is 1. The summed E-state index contributed by atoms with van der Waals surface area (Å²) in [6, 6.07) is 1.96. The first-order valence-electron chi connectivity index (χ1n) is 6.38. The summed E-state index contributed by atoms with van der Waals surface area (Å²) in [5.41, 5.74) is 0.237. The Hall–Kier alpha value is -1.80. The van der Waals surface area contributed by atoms with Crippen LogP contribution < -0.4 is 14.8 Å². The summed E-state index contributed by atoms with van der Waals surface area (Å²) in [4.78, 5) is 23.4. The van der Waals surface area contributed by atoms with Crippen LogP contribution in [0.5, 0.6) is 11.5 Å². The van der Waals surface area contributed by atoms with Gasteiger partial charge in [0.05, 0.1) is 14.2 Å². The number of halogens is 1. The molecule has 1 rings (SSSR count). The molecular formula is C14H18BrNO6. The Kier molecular flexibility index (Phi) is 7.13. The number of rotatable bonds is 8. The van der Waals surface area contributed by atoms with Crippen molar-refractivity contribution in [1.82, 2.24) is 5.32 Å². The van der Waals surface area contributed by atoms with E-state index in [0.29, 0.717) is 16.0 Å². The third-order valence-corrected chi connectivity index (χ3v) is 3.70. The van der Waals surface area contributed by atoms with Crippen molar-refractivity contribution < 1.29 is 28.9 Å². The Balaban J connectivity index is 2.99. The standard InChI is InChI=1S/C14H18BrNO6/c1-20-5-4-9(14(18)19)16-13(17)8-6-10(21-2)12(15)11(7-8)22-3/h6-7,9H,4-5H2,1-3H3,(H,16,17)(H,18,19). The summed E-state index contributed by atoms with van der Waals surface area (Å²) in [6.45, 7) is 0.226. The lowest BCUT2D eigenvalue weighted by atomic mass is 10.1. The molecule has 0 aromatic heterocycles. The van der Waals surface area contributed by atoms with Crippen LogP contribution in [-0.2, 0) is 9.53 Å². The molecule has 0 aliphatic carbocycles. The van der Waals surface area contributed by atoms with E-state index < -0.39 is 17.9 Å². The lowest BCUT2D eigenvalue weighted by Gasteiger charge is -2.15. The molecule has 0 fully saturated rings. The van der Waals surface area contributed by atoms with E-state index in [1.165, 1.54) is 33.5 Å². The summed E-state index contributed by atoms with van der Waals surface area (Å²) in [7, 11) is 4.38. The molecule has 0 heterocycles. The molecule has 8 heteroatoms. The van der Waals surface area contributed by atoms with Gasteiger partial charge in [-0.1, -0.05) is 0 Å². The fraction of sp³-hybridized carbons (Fsp3) is 0.429. The van der Waals surface area contributed by atoms with Gasteiger partial charge in [-0.25, -0.2) is 4.79 Å². The van der Waals surface area contributed by atoms with Gasteiger partial charge in [0.1, 0.15) is 22.0 Å². The van der Waals surface area contributed by atoms with Gasteiger partial charge in [0.15, 0.2) is 0 Å². The third-order valence-electron chi connectivity index (χ3n) is 2.92. The molecule has 1 aromatic carbocycles. The fourth-order valence-electron chi connectivity index (χ4n) is 1.74. The van der Waals surface area contributed by atoms with Crippen LogP contribution >= 0.6 is 15.9 Å². The highest BCUT2D eigenvalue weighted by atomic mass is 79.9. The molecule has 1 unspecified atom stereocenters. The van der Waals surface area contributed by atoms with Gasteiger partial charge in [0.25, 0.3) is 5.91 Å². The molecule has 0 aliphatic heterocycles. The smallest absolute Gasteiger partial charge is 0.326 e. The average Bonchev–Trinajstić information content (AvgIpc) is 2.50. The number of methoxy groups -OCH3 is 3. The van der Waals surface area contributed by atoms with Crippen molar-refractivity contribution in [2.45, 2.75) is 12.5 Å². The monoisotopic (exact) mass is 375 g/mol. The Labute approximate surface area is 136 Å². The van der Waals surface area contributed by atoms with Gasteiger partial charge in [-0.05, 0) is 28.1 Å². The number of hydrogen-bond donors (Lipinski definition) is 2. The van der Waals surface area contributed by atoms with Crippen LogP contribution in [0.3, 0.4) is 0 Å². The van der Waals surface area contributed by atoms with Gasteiger partial charge in [0.2, 0.25) is 0 Å². The van der Waals surface area contributed by atoms with Crippen molar-refractivity contribution in [2.75, 3.05) is 27.9 Å². The second-order valence-electron chi connectivity index (χ2n) is 4.34. The number of benzene rings is 1. The van der Waals surface area contributed by atoms with Crippen LogP contribution in [0.2, 0.25) is 0 Å². The maximum absolute atomic E-state index is 12.2. The van der Waals surface area contributed by atoms with E-state index >= 15 is 0 Å². The zero-order valence-corrected chi connectivity index (χ0v) is 14.1. The van der Waals surface area contributed by atoms with E-state index in [4.69, 9.17) is 19.3 Å². The Morgan fingerprint density at radius 3 is 2.18 bits per heavy atom. The maximum Gasteiger partial charge on any atom is 0.326 e. The number of nitrogens with one attached hydrogen (secondary N) is 1. The third kappa shape index (κ3) is 4.60. The van der Waals surface area contributed by atoms with E-state index in [-0.39, 0.29) is 18.6 Å². The van der Waals surface area contributed by atoms with E-state index in [2.05, 4.69) is 21.2 Å². The number of carbonyl (C=O) groups excluding carboxylic acids is 1. The van der Waals surface area contributed by atoms with Gasteiger partial charge < -0.3 is 24.6 Å². The Bertz CT molecular complexity index is 523. The second kappa shape index (κ2) is 8.60. The number of aliphatic carboxylic acids is 1. The molecule has 0 radical (unpaired) electrons. The highest BCUT2D eigenvalue weighted by Gasteiger charge is 2.22. The number of hydrogen-bond acceptors (Lipinski definition) is 5. The summed E-state index contributed by atoms with van der Waals surface area (Å²) in [5, 5.41) is 11.6. The molecule has 0 saturated carbocycles. The van der Waals surface area contributed by atoms with Gasteiger partial charge >= 0.3 is 5.97 Å². The minimum atomic E-state index is -1.12. The zero-order chi connectivity index (χ0) is 16.7. The molecule has 7 nitrogen and oxygen atoms in total. The SMILES string of the molecule is COCCC(NC(=O)c1cc(OC)c(Br)c(OC)c1)C(=O)O. The molecule has 1 atom stereocenters. The lowest BCUT2D eigenvalue weighted by molar-refractivity contribution is -0.139. The minimum absolute atomic E-state index is 0.169. The number of carboxylic acid groups (broad SMARTS) is 1. The lowest BCUT2D eigenvalue weighted by Crippen LogP contribution is -2.41. The van der Waals surface area contributed by atoms with Gasteiger partial charge in [0, 0.05) is 25.7 Å². The van der Waals surface area contributed by atoms with E-state index in [1.54, 1.807) is 0 Å². The molecule has 1 aromatic rings. The molecule has 1 amide bonds. The molecule has 122 valence electrons. The van der Waals surface area contributed by atoms with Gasteiger partial charge in [-0.2, -0.15) is 0 Å². The number of ether oxygens (including phenoxy) is 3. The Morgan fingerprint density at radius 2 is 1.77 bits per heavy atom. The first-order valence-corrected chi connectivity index (χ1v) is 7.18. The highest BCUT2D eigenvalue weighted by molar-refractivity contribution is 9.10. The molecule has 0 bridgehead atoms. The van der Waals surface area contributed by atoms with Crippen LogP contribution in [0.25, 0.3) is 0 Å². The van der Waals surface area contributed by atoms with Crippen molar-refractivity contribution in [2.24, 2.45) is 0 Å². The van der Waals surface area contributed by atoms with Crippen LogP contribution in [-0.4, -0.2) is 51.0 Å². The summed E-state index contributed by atoms with van der Waals surface area (Å²) >= 11 is 3.30. The van der Waals surface area contributed by atoms with Gasteiger partial charge in [-0.15, -0.1) is 0 Å². The normalized spacial score (nSPS) is 11.6. The number of amides is 1. The quantitative estimate of drug-likeness (QED) is 0.717. The molecule has 22 heavy (non-hydrogen) atoms. The van der Waals surface area contributed by atoms with Crippen molar-refractivity contribution in [3.8, 4) is 11.5 Å². The van der Waals surface area contributed by atoms with Crippen molar-refractivity contribution >= 4 is 27.8 Å². The van der Waals surface area contributed by atoms with E-state index in [9.17, 15) is 9.59 Å². The molecule has 2 N–H and O–H groups in total. The zero-order valence-electron chi connectivity index (χ0n) is 12.5. The molecule has 0 saturated heterocycles. The molecule has 0 aliphatic rings. The number of carbonyl (C=O) groups is 2. The summed E-state index contributed by atoms with van der Waals surface area (Å²) in [5.74, 6) is -0.837. The van der Waals surface area contributed by atoms with Crippen LogP contribution in [0.1, 0.15) is 16.8 Å².